The molecular weight excluding hydrogens is 354 g/mol. The summed E-state index contributed by atoms with van der Waals surface area (Å²) in [6.07, 6.45) is 7.60. The first-order chi connectivity index (χ1) is 13.7. The maximum Gasteiger partial charge on any atom is 0.244 e. The second kappa shape index (κ2) is 7.97. The van der Waals surface area contributed by atoms with Crippen molar-refractivity contribution in [2.75, 3.05) is 6.61 Å². The van der Waals surface area contributed by atoms with Crippen LogP contribution in [0.25, 0.3) is 16.5 Å². The van der Waals surface area contributed by atoms with Gasteiger partial charge in [0.1, 0.15) is 22.9 Å². The molecule has 0 saturated heterocycles. The number of carbonyl (C=O) groups excluding carboxylic acids is 1. The van der Waals surface area contributed by atoms with Crippen molar-refractivity contribution in [3.63, 3.8) is 0 Å². The summed E-state index contributed by atoms with van der Waals surface area (Å²) in [5, 5.41) is 3.99. The number of benzene rings is 1. The van der Waals surface area contributed by atoms with Gasteiger partial charge in [-0.1, -0.05) is 0 Å². The van der Waals surface area contributed by atoms with Gasteiger partial charge < -0.3 is 18.9 Å². The second-order valence-corrected chi connectivity index (χ2v) is 7.11. The topological polar surface area (TPSA) is 64.6 Å². The van der Waals surface area contributed by atoms with Crippen LogP contribution in [0, 0.1) is 0 Å². The summed E-state index contributed by atoms with van der Waals surface area (Å²) >= 11 is 0. The zero-order chi connectivity index (χ0) is 19.5. The molecule has 5 nitrogen and oxygen atoms in total. The molecule has 1 aromatic carbocycles. The zero-order valence-corrected chi connectivity index (χ0v) is 16.3. The highest BCUT2D eigenvalue weighted by molar-refractivity contribution is 5.97. The molecule has 2 heterocycles. The van der Waals surface area contributed by atoms with Gasteiger partial charge in [0.25, 0.3) is 0 Å². The van der Waals surface area contributed by atoms with Crippen molar-refractivity contribution < 1.29 is 18.4 Å². The van der Waals surface area contributed by atoms with Gasteiger partial charge in [0.05, 0.1) is 19.4 Å². The zero-order valence-electron chi connectivity index (χ0n) is 16.3. The van der Waals surface area contributed by atoms with Gasteiger partial charge in [0.2, 0.25) is 5.91 Å². The third-order valence-corrected chi connectivity index (χ3v) is 5.15. The lowest BCUT2D eigenvalue weighted by molar-refractivity contribution is -0.116. The van der Waals surface area contributed by atoms with Gasteiger partial charge in [-0.3, -0.25) is 4.79 Å². The van der Waals surface area contributed by atoms with E-state index >= 15 is 0 Å². The predicted octanol–water partition coefficient (Wildman–Crippen LogP) is 5.02. The molecule has 0 unspecified atom stereocenters. The Bertz CT molecular complexity index is 1010. The number of fused-ring (bicyclic) bond motifs is 3. The van der Waals surface area contributed by atoms with Gasteiger partial charge in [0.15, 0.2) is 0 Å². The molecular formula is C23H25NO4. The fourth-order valence-electron chi connectivity index (χ4n) is 3.79. The Morgan fingerprint density at radius 2 is 2.14 bits per heavy atom. The molecule has 0 radical (unpaired) electrons. The molecule has 28 heavy (non-hydrogen) atoms. The van der Waals surface area contributed by atoms with E-state index in [2.05, 4.69) is 11.4 Å². The molecule has 1 aliphatic rings. The van der Waals surface area contributed by atoms with Crippen LogP contribution in [0.4, 0.5) is 0 Å². The monoisotopic (exact) mass is 379 g/mol. The van der Waals surface area contributed by atoms with Crippen LogP contribution in [-0.2, 0) is 24.2 Å². The van der Waals surface area contributed by atoms with Gasteiger partial charge in [0, 0.05) is 35.1 Å². The van der Waals surface area contributed by atoms with E-state index in [1.165, 1.54) is 18.4 Å². The summed E-state index contributed by atoms with van der Waals surface area (Å²) in [6, 6.07) is 7.71. The summed E-state index contributed by atoms with van der Waals surface area (Å²) in [4.78, 5) is 12.3. The van der Waals surface area contributed by atoms with E-state index in [1.54, 1.807) is 18.4 Å². The molecule has 5 heteroatoms. The Morgan fingerprint density at radius 3 is 2.93 bits per heavy atom. The van der Waals surface area contributed by atoms with Crippen LogP contribution < -0.4 is 10.1 Å². The van der Waals surface area contributed by atoms with E-state index in [0.29, 0.717) is 13.2 Å². The third kappa shape index (κ3) is 3.70. The second-order valence-electron chi connectivity index (χ2n) is 7.11. The molecule has 0 atom stereocenters. The van der Waals surface area contributed by atoms with Gasteiger partial charge >= 0.3 is 0 Å². The minimum atomic E-state index is -0.161. The van der Waals surface area contributed by atoms with Crippen LogP contribution in [-0.4, -0.2) is 12.5 Å². The van der Waals surface area contributed by atoms with Gasteiger partial charge in [-0.2, -0.15) is 0 Å². The molecule has 2 aromatic heterocycles. The first-order valence-electron chi connectivity index (χ1n) is 9.85. The SMILES string of the molecule is CCOc1cc2oc3c(c2cc1/C(C)=C/C(=O)NCc1ccco1)CCCC3. The molecule has 1 amide bonds. The number of nitrogens with one attached hydrogen (secondary N) is 1. The number of allylic oxidation sites excluding steroid dienone is 1. The molecule has 1 aliphatic carbocycles. The highest BCUT2D eigenvalue weighted by Crippen LogP contribution is 2.38. The molecule has 0 saturated carbocycles. The van der Waals surface area contributed by atoms with Crippen molar-refractivity contribution in [2.45, 2.75) is 46.1 Å². The Hall–Kier alpha value is -2.95. The van der Waals surface area contributed by atoms with Gasteiger partial charge in [-0.15, -0.1) is 0 Å². The highest BCUT2D eigenvalue weighted by Gasteiger charge is 2.20. The quantitative estimate of drug-likeness (QED) is 0.611. The van der Waals surface area contributed by atoms with Crippen LogP contribution >= 0.6 is 0 Å². The van der Waals surface area contributed by atoms with Gasteiger partial charge in [-0.25, -0.2) is 0 Å². The van der Waals surface area contributed by atoms with E-state index in [0.717, 1.165) is 52.2 Å². The van der Waals surface area contributed by atoms with Crippen LogP contribution in [0.1, 0.15) is 49.3 Å². The molecule has 0 aliphatic heterocycles. The maximum absolute atomic E-state index is 12.3. The Labute approximate surface area is 164 Å². The van der Waals surface area contributed by atoms with Crippen molar-refractivity contribution in [1.82, 2.24) is 5.32 Å². The molecule has 0 spiro atoms. The van der Waals surface area contributed by atoms with E-state index < -0.39 is 0 Å². The Kier molecular flexibility index (Phi) is 5.24. The Morgan fingerprint density at radius 1 is 1.29 bits per heavy atom. The largest absolute Gasteiger partial charge is 0.493 e. The van der Waals surface area contributed by atoms with Crippen molar-refractivity contribution in [1.29, 1.82) is 0 Å². The Balaban J connectivity index is 1.64. The first kappa shape index (κ1) is 18.4. The number of rotatable bonds is 6. The van der Waals surface area contributed by atoms with Crippen molar-refractivity contribution in [3.8, 4) is 5.75 Å². The van der Waals surface area contributed by atoms with E-state index in [4.69, 9.17) is 13.6 Å². The fraction of sp³-hybridized carbons (Fsp3) is 0.348. The smallest absolute Gasteiger partial charge is 0.244 e. The lowest BCUT2D eigenvalue weighted by atomic mass is 9.94. The lowest BCUT2D eigenvalue weighted by Gasteiger charge is -2.12. The summed E-state index contributed by atoms with van der Waals surface area (Å²) in [6.45, 7) is 4.80. The van der Waals surface area contributed by atoms with Crippen LogP contribution in [0.2, 0.25) is 0 Å². The highest BCUT2D eigenvalue weighted by atomic mass is 16.5. The summed E-state index contributed by atoms with van der Waals surface area (Å²) in [5.74, 6) is 2.40. The number of furan rings is 2. The maximum atomic E-state index is 12.3. The average molecular weight is 379 g/mol. The molecule has 0 bridgehead atoms. The van der Waals surface area contributed by atoms with Crippen LogP contribution in [0.5, 0.6) is 5.75 Å². The summed E-state index contributed by atoms with van der Waals surface area (Å²) in [7, 11) is 0. The number of hydrogen-bond donors (Lipinski definition) is 1. The van der Waals surface area contributed by atoms with Crippen LogP contribution in [0.3, 0.4) is 0 Å². The summed E-state index contributed by atoms with van der Waals surface area (Å²) in [5.41, 5.74) is 3.96. The molecule has 4 rings (SSSR count). The summed E-state index contributed by atoms with van der Waals surface area (Å²) < 4.78 is 17.2. The number of amides is 1. The predicted molar refractivity (Wildman–Crippen MR) is 108 cm³/mol. The van der Waals surface area contributed by atoms with E-state index in [-0.39, 0.29) is 5.91 Å². The van der Waals surface area contributed by atoms with Gasteiger partial charge in [-0.05, 0) is 56.9 Å². The number of carbonyl (C=O) groups is 1. The van der Waals surface area contributed by atoms with E-state index in [1.807, 2.05) is 26.0 Å². The standard InChI is InChI=1S/C23H25NO4/c1-3-26-21-13-22-19(17-8-4-5-9-20(17)28-22)12-18(21)15(2)11-23(25)24-14-16-7-6-10-27-16/h6-7,10-13H,3-5,8-9,14H2,1-2H3,(H,24,25)/b15-11+. The van der Waals surface area contributed by atoms with Crippen molar-refractivity contribution in [3.05, 3.63) is 59.3 Å². The number of ether oxygens (including phenoxy) is 1. The molecule has 0 fully saturated rings. The van der Waals surface area contributed by atoms with Crippen LogP contribution in [0.15, 0.2) is 45.4 Å². The normalized spacial score (nSPS) is 14.1. The van der Waals surface area contributed by atoms with Crippen molar-refractivity contribution >= 4 is 22.4 Å². The minimum Gasteiger partial charge on any atom is -0.493 e. The molecule has 3 aromatic rings. The molecule has 146 valence electrons. The van der Waals surface area contributed by atoms with E-state index in [9.17, 15) is 4.79 Å². The lowest BCUT2D eigenvalue weighted by Crippen LogP contribution is -2.20. The number of aryl methyl sites for hydroxylation is 2. The third-order valence-electron chi connectivity index (χ3n) is 5.15. The fourth-order valence-corrected chi connectivity index (χ4v) is 3.79. The molecule has 1 N–H and O–H groups in total. The number of hydrogen-bond acceptors (Lipinski definition) is 4. The first-order valence-corrected chi connectivity index (χ1v) is 9.85. The minimum absolute atomic E-state index is 0.161. The average Bonchev–Trinajstić information content (AvgIpc) is 3.33. The van der Waals surface area contributed by atoms with Crippen molar-refractivity contribution in [2.24, 2.45) is 0 Å².